The first kappa shape index (κ1) is 38.6. The normalized spacial score (nSPS) is 12.3. The van der Waals surface area contributed by atoms with Gasteiger partial charge in [0.2, 0.25) is 0 Å². The Morgan fingerprint density at radius 1 is 0.776 bits per heavy atom. The van der Waals surface area contributed by atoms with E-state index in [2.05, 4.69) is 165 Å². The Kier molecular flexibility index (Phi) is 12.5. The van der Waals surface area contributed by atoms with E-state index in [1.165, 1.54) is 38.2 Å². The maximum absolute atomic E-state index is 4.87. The maximum atomic E-state index is 4.87. The molecule has 6 aromatic rings. The van der Waals surface area contributed by atoms with Crippen LogP contribution in [0.2, 0.25) is 0 Å². The van der Waals surface area contributed by atoms with Crippen molar-refractivity contribution in [2.45, 2.75) is 106 Å². The first-order chi connectivity index (χ1) is 22.7. The molecule has 0 fully saturated rings. The van der Waals surface area contributed by atoms with Gasteiger partial charge < -0.3 is 15.2 Å². The average molecular weight is 833 g/mol. The van der Waals surface area contributed by atoms with Gasteiger partial charge in [0.15, 0.2) is 0 Å². The van der Waals surface area contributed by atoms with E-state index >= 15 is 0 Å². The van der Waals surface area contributed by atoms with Crippen molar-refractivity contribution in [1.29, 1.82) is 0 Å². The van der Waals surface area contributed by atoms with E-state index in [9.17, 15) is 0 Å². The van der Waals surface area contributed by atoms with Crippen molar-refractivity contribution in [3.63, 3.8) is 0 Å². The second-order valence-electron chi connectivity index (χ2n) is 15.6. The summed E-state index contributed by atoms with van der Waals surface area (Å²) < 4.78 is 2.26. The summed E-state index contributed by atoms with van der Waals surface area (Å²) >= 11 is 0. The van der Waals surface area contributed by atoms with Crippen LogP contribution in [0.5, 0.6) is 0 Å². The fourth-order valence-electron chi connectivity index (χ4n) is 6.76. The Hall–Kier alpha value is -3.15. The summed E-state index contributed by atoms with van der Waals surface area (Å²) in [6, 6.07) is 26.5. The van der Waals surface area contributed by atoms with E-state index in [1.54, 1.807) is 6.33 Å². The summed E-state index contributed by atoms with van der Waals surface area (Å²) in [5, 5.41) is 16.4. The first-order valence-electron chi connectivity index (χ1n) is 17.7. The molecular weight excluding hydrogens is 779 g/mol. The number of aryl methyl sites for hydroxylation is 1. The number of rotatable bonds is 8. The molecule has 0 aliphatic heterocycles. The molecule has 0 saturated carbocycles. The van der Waals surface area contributed by atoms with Crippen LogP contribution < -0.4 is 0 Å². The predicted octanol–water partition coefficient (Wildman–Crippen LogP) is 11.9. The number of hydrogen-bond donors (Lipinski definition) is 0. The van der Waals surface area contributed by atoms with Gasteiger partial charge in [-0.25, -0.2) is 11.1 Å². The van der Waals surface area contributed by atoms with E-state index in [1.807, 2.05) is 0 Å². The van der Waals surface area contributed by atoms with Crippen molar-refractivity contribution in [3.8, 4) is 11.3 Å². The third kappa shape index (κ3) is 8.43. The van der Waals surface area contributed by atoms with Crippen molar-refractivity contribution < 1.29 is 20.1 Å². The molecule has 49 heavy (non-hydrogen) atoms. The van der Waals surface area contributed by atoms with Crippen LogP contribution in [0.25, 0.3) is 65.4 Å². The predicted molar refractivity (Wildman–Crippen MR) is 208 cm³/mol. The van der Waals surface area contributed by atoms with Crippen LogP contribution in [0.15, 0.2) is 67.0 Å². The SMILES string of the molecule is CC(C)Cc1cccc2ccc3c4c(-c5[c-]c6ccccc6c(C(C)(C)C)c5)ncnc4n(C)c3c12.CC(C)[N-]C([N-]C(C)C)C(C)C.[Ir+3]. The zero-order chi connectivity index (χ0) is 34.9. The fourth-order valence-corrected chi connectivity index (χ4v) is 6.76. The molecule has 260 valence electrons. The van der Waals surface area contributed by atoms with E-state index in [-0.39, 0.29) is 31.7 Å². The first-order valence-corrected chi connectivity index (χ1v) is 17.7. The Morgan fingerprint density at radius 3 is 2.06 bits per heavy atom. The average Bonchev–Trinajstić information content (AvgIpc) is 3.31. The molecule has 4 aromatic carbocycles. The van der Waals surface area contributed by atoms with Gasteiger partial charge in [0.1, 0.15) is 12.0 Å². The molecule has 0 aliphatic carbocycles. The molecule has 6 heteroatoms. The summed E-state index contributed by atoms with van der Waals surface area (Å²) in [5.74, 6) is 1.11. The molecule has 0 amide bonds. The van der Waals surface area contributed by atoms with Gasteiger partial charge in [0, 0.05) is 28.9 Å². The summed E-state index contributed by atoms with van der Waals surface area (Å²) in [7, 11) is 2.14. The van der Waals surface area contributed by atoms with E-state index in [4.69, 9.17) is 9.97 Å². The minimum absolute atomic E-state index is 0. The Bertz CT molecular complexity index is 2020. The largest absolute Gasteiger partial charge is 3.00 e. The minimum atomic E-state index is -0.00367. The van der Waals surface area contributed by atoms with Gasteiger partial charge in [-0.1, -0.05) is 142 Å². The van der Waals surface area contributed by atoms with Crippen molar-refractivity contribution >= 4 is 43.5 Å². The quantitative estimate of drug-likeness (QED) is 0.143. The van der Waals surface area contributed by atoms with Gasteiger partial charge in [-0.3, -0.25) is 4.98 Å². The van der Waals surface area contributed by atoms with Crippen LogP contribution in [-0.4, -0.2) is 32.8 Å². The van der Waals surface area contributed by atoms with E-state index in [0.717, 1.165) is 34.1 Å². The number of nitrogens with zero attached hydrogens (tertiary/aromatic N) is 5. The van der Waals surface area contributed by atoms with Gasteiger partial charge in [-0.05, 0) is 28.7 Å². The van der Waals surface area contributed by atoms with Gasteiger partial charge in [-0.2, -0.15) is 0 Å². The van der Waals surface area contributed by atoms with Crippen LogP contribution in [-0.2, 0) is 39.0 Å². The minimum Gasteiger partial charge on any atom is -0.675 e. The number of fused-ring (bicyclic) bond motifs is 6. The van der Waals surface area contributed by atoms with Crippen LogP contribution in [0.1, 0.15) is 87.3 Å². The van der Waals surface area contributed by atoms with Gasteiger partial charge in [0.05, 0.1) is 5.52 Å². The monoisotopic (exact) mass is 833 g/mol. The zero-order valence-corrected chi connectivity index (χ0v) is 33.9. The molecule has 5 nitrogen and oxygen atoms in total. The second-order valence-corrected chi connectivity index (χ2v) is 15.6. The second kappa shape index (κ2) is 15.8. The van der Waals surface area contributed by atoms with Crippen molar-refractivity contribution in [1.82, 2.24) is 14.5 Å². The standard InChI is InChI=1S/C33H32N3.C10H22N2.Ir/c1-20(2)16-23-12-9-11-21-14-15-26-29-30(34-19-35-32(29)36(6)31(26)28(21)23)24-17-22-10-7-8-13-25(22)27(18-24)33(3,4)5;1-7(2)10(11-8(3)4)12-9(5)6;/h7-15,18-20H,16H2,1-6H3;7-10H,1-6H3;/q-1;-2;+3. The molecule has 2 heterocycles. The van der Waals surface area contributed by atoms with Crippen molar-refractivity contribution in [2.24, 2.45) is 18.9 Å². The maximum Gasteiger partial charge on any atom is 3.00 e. The van der Waals surface area contributed by atoms with Crippen molar-refractivity contribution in [3.05, 3.63) is 94.8 Å². The summed E-state index contributed by atoms with van der Waals surface area (Å²) in [5.41, 5.74) is 6.86. The molecule has 0 atom stereocenters. The molecular formula is C43H54IrN5. The smallest absolute Gasteiger partial charge is 0.675 e. The Morgan fingerprint density at radius 2 is 1.45 bits per heavy atom. The third-order valence-corrected chi connectivity index (χ3v) is 8.82. The number of hydrogen-bond acceptors (Lipinski definition) is 2. The topological polar surface area (TPSA) is 58.9 Å². The molecule has 0 spiro atoms. The molecule has 0 saturated heterocycles. The summed E-state index contributed by atoms with van der Waals surface area (Å²) in [4.78, 5) is 9.64. The molecule has 0 N–H and O–H groups in total. The summed E-state index contributed by atoms with van der Waals surface area (Å²) in [6.45, 7) is 24.1. The third-order valence-electron chi connectivity index (χ3n) is 8.82. The molecule has 0 unspecified atom stereocenters. The molecule has 0 bridgehead atoms. The van der Waals surface area contributed by atoms with Gasteiger partial charge in [0.25, 0.3) is 0 Å². The molecule has 0 radical (unpaired) electrons. The van der Waals surface area contributed by atoms with Crippen LogP contribution in [0.4, 0.5) is 0 Å². The molecule has 2 aromatic heterocycles. The summed E-state index contributed by atoms with van der Waals surface area (Å²) in [6.07, 6.45) is 2.93. The van der Waals surface area contributed by atoms with Crippen LogP contribution >= 0.6 is 0 Å². The van der Waals surface area contributed by atoms with Gasteiger partial charge in [-0.15, -0.1) is 41.2 Å². The van der Waals surface area contributed by atoms with Crippen LogP contribution in [0.3, 0.4) is 0 Å². The van der Waals surface area contributed by atoms with Crippen molar-refractivity contribution in [2.75, 3.05) is 0 Å². The number of aromatic nitrogens is 3. The van der Waals surface area contributed by atoms with Gasteiger partial charge >= 0.3 is 20.1 Å². The number of benzene rings is 4. The fraction of sp³-hybridized carbons (Fsp3) is 0.442. The Balaban J connectivity index is 0.000000359. The van der Waals surface area contributed by atoms with Crippen LogP contribution in [0, 0.1) is 17.9 Å². The van der Waals surface area contributed by atoms with E-state index < -0.39 is 0 Å². The van der Waals surface area contributed by atoms with E-state index in [0.29, 0.717) is 23.9 Å². The Labute approximate surface area is 308 Å². The molecule has 6 rings (SSSR count). The zero-order valence-electron chi connectivity index (χ0n) is 31.5. The molecule has 0 aliphatic rings.